The van der Waals surface area contributed by atoms with Crippen molar-refractivity contribution in [3.05, 3.63) is 67.1 Å². The van der Waals surface area contributed by atoms with Crippen molar-refractivity contribution in [3.63, 3.8) is 0 Å². The van der Waals surface area contributed by atoms with Crippen molar-refractivity contribution in [2.45, 2.75) is 39.5 Å². The molecule has 0 unspecified atom stereocenters. The first-order valence-electron chi connectivity index (χ1n) is 8.01. The zero-order valence-corrected chi connectivity index (χ0v) is 16.4. The van der Waals surface area contributed by atoms with Gasteiger partial charge in [-0.05, 0) is 62.3 Å². The molecule has 0 atom stereocenters. The maximum absolute atomic E-state index is 11.9. The number of aromatic nitrogens is 1. The molecule has 0 aromatic carbocycles. The predicted molar refractivity (Wildman–Crippen MR) is 108 cm³/mol. The van der Waals surface area contributed by atoms with E-state index in [2.05, 4.69) is 40.7 Å². The summed E-state index contributed by atoms with van der Waals surface area (Å²) in [7, 11) is 0. The molecule has 5 heteroatoms. The van der Waals surface area contributed by atoms with E-state index in [1.54, 1.807) is 0 Å². The number of hydrogen-bond donors (Lipinski definition) is 1. The van der Waals surface area contributed by atoms with Crippen molar-refractivity contribution < 1.29 is 0 Å². The molecule has 2 nitrogen and oxygen atoms in total. The van der Waals surface area contributed by atoms with Crippen LogP contribution in [0.25, 0.3) is 10.4 Å². The molecular weight excluding hydrogens is 358 g/mol. The Morgan fingerprint density at radius 3 is 2.62 bits per heavy atom. The lowest BCUT2D eigenvalue weighted by molar-refractivity contribution is 0.842. The van der Waals surface area contributed by atoms with Gasteiger partial charge in [-0.15, -0.1) is 35.1 Å². The first kappa shape index (κ1) is 19.0. The van der Waals surface area contributed by atoms with Crippen molar-refractivity contribution in [1.82, 2.24) is 4.98 Å². The van der Waals surface area contributed by atoms with Crippen LogP contribution < -0.4 is 5.56 Å². The van der Waals surface area contributed by atoms with Gasteiger partial charge < -0.3 is 4.98 Å². The second-order valence-electron chi connectivity index (χ2n) is 5.71. The van der Waals surface area contributed by atoms with E-state index in [1.165, 1.54) is 21.1 Å². The first-order valence-corrected chi connectivity index (χ1v) is 9.71. The van der Waals surface area contributed by atoms with Gasteiger partial charge in [0.2, 0.25) is 0 Å². The van der Waals surface area contributed by atoms with E-state index in [9.17, 15) is 4.79 Å². The minimum atomic E-state index is 0. The summed E-state index contributed by atoms with van der Waals surface area (Å²) in [6.45, 7) is 4.00. The van der Waals surface area contributed by atoms with Gasteiger partial charge in [-0.1, -0.05) is 13.0 Å². The average Bonchev–Trinajstić information content (AvgIpc) is 3.19. The SMILES string of the molecule is CCc1cc(-c2ccc(CCCc3cccs3)s2)c(C)[nH]c1=O.Cl. The second kappa shape index (κ2) is 8.65. The first-order chi connectivity index (χ1) is 11.2. The van der Waals surface area contributed by atoms with Gasteiger partial charge in [0.05, 0.1) is 0 Å². The van der Waals surface area contributed by atoms with Gasteiger partial charge in [0, 0.05) is 31.5 Å². The summed E-state index contributed by atoms with van der Waals surface area (Å²) in [5.74, 6) is 0. The minimum absolute atomic E-state index is 0. The van der Waals surface area contributed by atoms with E-state index in [4.69, 9.17) is 0 Å². The second-order valence-corrected chi connectivity index (χ2v) is 7.92. The van der Waals surface area contributed by atoms with Crippen LogP contribution in [0, 0.1) is 6.92 Å². The van der Waals surface area contributed by atoms with Gasteiger partial charge in [-0.3, -0.25) is 4.79 Å². The fraction of sp³-hybridized carbons (Fsp3) is 0.316. The number of H-pyrrole nitrogens is 1. The highest BCUT2D eigenvalue weighted by atomic mass is 35.5. The Hall–Kier alpha value is -1.36. The smallest absolute Gasteiger partial charge is 0.251 e. The molecule has 3 aromatic rings. The molecule has 0 saturated carbocycles. The van der Waals surface area contributed by atoms with Crippen molar-refractivity contribution in [2.75, 3.05) is 0 Å². The molecule has 0 saturated heterocycles. The number of pyridine rings is 1. The van der Waals surface area contributed by atoms with Crippen molar-refractivity contribution in [2.24, 2.45) is 0 Å². The monoisotopic (exact) mass is 379 g/mol. The lowest BCUT2D eigenvalue weighted by Crippen LogP contribution is -2.13. The van der Waals surface area contributed by atoms with Crippen LogP contribution in [0.5, 0.6) is 0 Å². The number of nitrogens with one attached hydrogen (secondary N) is 1. The molecule has 24 heavy (non-hydrogen) atoms. The number of rotatable bonds is 6. The van der Waals surface area contributed by atoms with Gasteiger partial charge in [-0.2, -0.15) is 0 Å². The number of hydrogen-bond acceptors (Lipinski definition) is 3. The number of aryl methyl sites for hydroxylation is 4. The molecule has 3 rings (SSSR count). The molecule has 0 aliphatic heterocycles. The van der Waals surface area contributed by atoms with Gasteiger partial charge in [0.1, 0.15) is 0 Å². The van der Waals surface area contributed by atoms with Crippen LogP contribution in [0.1, 0.15) is 34.4 Å². The maximum atomic E-state index is 11.9. The average molecular weight is 380 g/mol. The largest absolute Gasteiger partial charge is 0.326 e. The molecule has 3 heterocycles. The maximum Gasteiger partial charge on any atom is 0.251 e. The van der Waals surface area contributed by atoms with Gasteiger partial charge in [-0.25, -0.2) is 0 Å². The molecule has 0 spiro atoms. The summed E-state index contributed by atoms with van der Waals surface area (Å²) in [5.41, 5.74) is 3.02. The van der Waals surface area contributed by atoms with Crippen LogP contribution in [0.3, 0.4) is 0 Å². The molecule has 0 aliphatic carbocycles. The zero-order chi connectivity index (χ0) is 16.2. The van der Waals surface area contributed by atoms with E-state index in [0.717, 1.165) is 36.1 Å². The molecule has 0 aliphatic rings. The minimum Gasteiger partial charge on any atom is -0.326 e. The third kappa shape index (κ3) is 4.38. The van der Waals surface area contributed by atoms with Crippen LogP contribution in [-0.2, 0) is 19.3 Å². The summed E-state index contributed by atoms with van der Waals surface area (Å²) >= 11 is 3.68. The Kier molecular flexibility index (Phi) is 6.84. The molecule has 0 bridgehead atoms. The van der Waals surface area contributed by atoms with Crippen molar-refractivity contribution in [1.29, 1.82) is 0 Å². The van der Waals surface area contributed by atoms with Crippen LogP contribution in [0.2, 0.25) is 0 Å². The summed E-state index contributed by atoms with van der Waals surface area (Å²) < 4.78 is 0. The highest BCUT2D eigenvalue weighted by Gasteiger charge is 2.09. The number of thiophene rings is 2. The zero-order valence-electron chi connectivity index (χ0n) is 13.9. The van der Waals surface area contributed by atoms with Crippen molar-refractivity contribution >= 4 is 35.1 Å². The number of halogens is 1. The molecule has 0 amide bonds. The van der Waals surface area contributed by atoms with E-state index >= 15 is 0 Å². The van der Waals surface area contributed by atoms with Crippen LogP contribution >= 0.6 is 35.1 Å². The molecule has 0 radical (unpaired) electrons. The third-order valence-electron chi connectivity index (χ3n) is 4.05. The van der Waals surface area contributed by atoms with Gasteiger partial charge >= 0.3 is 0 Å². The van der Waals surface area contributed by atoms with Crippen LogP contribution in [0.4, 0.5) is 0 Å². The normalized spacial score (nSPS) is 10.6. The molecular formula is C19H22ClNOS2. The Bertz CT molecular complexity index is 833. The Morgan fingerprint density at radius 2 is 1.92 bits per heavy atom. The van der Waals surface area contributed by atoms with Gasteiger partial charge in [0.25, 0.3) is 5.56 Å². The third-order valence-corrected chi connectivity index (χ3v) is 6.16. The fourth-order valence-electron chi connectivity index (χ4n) is 2.73. The van der Waals surface area contributed by atoms with E-state index in [-0.39, 0.29) is 18.0 Å². The van der Waals surface area contributed by atoms with Crippen molar-refractivity contribution in [3.8, 4) is 10.4 Å². The summed E-state index contributed by atoms with van der Waals surface area (Å²) in [6, 6.07) is 10.8. The standard InChI is InChI=1S/C19H21NOS2.ClH/c1-3-14-12-17(13(2)20-19(14)21)18-10-9-16(23-18)7-4-6-15-8-5-11-22-15;/h5,8-12H,3-4,6-7H2,1-2H3,(H,20,21);1H. The predicted octanol–water partition coefficient (Wildman–Crippen LogP) is 5.63. The highest BCUT2D eigenvalue weighted by Crippen LogP contribution is 2.30. The lowest BCUT2D eigenvalue weighted by Gasteiger charge is -2.05. The summed E-state index contributed by atoms with van der Waals surface area (Å²) in [4.78, 5) is 19.0. The van der Waals surface area contributed by atoms with Crippen LogP contribution in [0.15, 0.2) is 40.5 Å². The molecule has 1 N–H and O–H groups in total. The van der Waals surface area contributed by atoms with E-state index < -0.39 is 0 Å². The van der Waals surface area contributed by atoms with Gasteiger partial charge in [0.15, 0.2) is 0 Å². The van der Waals surface area contributed by atoms with E-state index in [1.807, 2.05) is 36.5 Å². The number of aromatic amines is 1. The fourth-order valence-corrected chi connectivity index (χ4v) is 4.61. The Balaban J connectivity index is 0.00000208. The summed E-state index contributed by atoms with van der Waals surface area (Å²) in [6.07, 6.45) is 4.22. The Labute approximate surface area is 157 Å². The molecule has 0 fully saturated rings. The topological polar surface area (TPSA) is 32.9 Å². The van der Waals surface area contributed by atoms with E-state index in [0.29, 0.717) is 0 Å². The molecule has 3 aromatic heterocycles. The Morgan fingerprint density at radius 1 is 1.12 bits per heavy atom. The molecule has 128 valence electrons. The quantitative estimate of drug-likeness (QED) is 0.591. The van der Waals surface area contributed by atoms with Crippen LogP contribution in [-0.4, -0.2) is 4.98 Å². The lowest BCUT2D eigenvalue weighted by atomic mass is 10.1. The highest BCUT2D eigenvalue weighted by molar-refractivity contribution is 7.15. The summed E-state index contributed by atoms with van der Waals surface area (Å²) in [5, 5.41) is 2.14.